The van der Waals surface area contributed by atoms with E-state index >= 15 is 17.6 Å². The molecule has 12 N–H and O–H groups in total. The molecule has 8 aromatic rings. The van der Waals surface area contributed by atoms with E-state index in [1.807, 2.05) is 4.98 Å². The fourth-order valence-electron chi connectivity index (χ4n) is 11.3. The maximum absolute atomic E-state index is 15.7. The molecule has 44 nitrogen and oxygen atoms in total. The molecule has 0 aliphatic carbocycles. The normalized spacial score (nSPS) is 35.3. The molecule has 4 aromatic carbocycles. The number of hydrogen-bond donors (Lipinski definition) is 12. The zero-order valence-corrected chi connectivity index (χ0v) is 65.8. The lowest BCUT2D eigenvalue weighted by Crippen LogP contribution is -2.43. The van der Waals surface area contributed by atoms with Gasteiger partial charge >= 0.3 is 54.0 Å². The number of alkyl halides is 4. The summed E-state index contributed by atoms with van der Waals surface area (Å²) in [5, 5.41) is 79.5. The molecule has 4 aromatic heterocycles. The Morgan fingerprint density at radius 3 is 0.958 bits per heavy atom. The Bertz CT molecular complexity index is 6320. The van der Waals surface area contributed by atoms with Crippen molar-refractivity contribution in [2.75, 3.05) is 26.3 Å². The molecule has 120 heavy (non-hydrogen) atoms. The second kappa shape index (κ2) is 34.8. The van der Waals surface area contributed by atoms with Gasteiger partial charge in [-0.05, 0) is 24.3 Å². The first-order valence-electron chi connectivity index (χ1n) is 36.5. The number of hydrogen-bond acceptors (Lipinski definition) is 36. The maximum Gasteiger partial charge on any atom is 0.530 e. The highest BCUT2D eigenvalue weighted by atomic mass is 35.5. The van der Waals surface area contributed by atoms with Gasteiger partial charge in [-0.1, -0.05) is 119 Å². The number of aromatic nitrogens is 8. The number of rotatable bonds is 16. The van der Waals surface area contributed by atoms with E-state index in [4.69, 9.17) is 119 Å². The number of phosphoric acid groups is 4. The molecule has 0 radical (unpaired) electrons. The monoisotopic (exact) mass is 1860 g/mol. The number of phosphoric ester groups is 4. The Balaban J connectivity index is 0.000000144. The molecule has 0 bridgehead atoms. The third kappa shape index (κ3) is 18.7. The summed E-state index contributed by atoms with van der Waals surface area (Å²) in [7, 11) is -18.2. The second-order valence-electron chi connectivity index (χ2n) is 25.5. The number of nitrogens with zero attached hydrogens (tertiary/aromatic N) is 4. The molecule has 56 heteroatoms. The van der Waals surface area contributed by atoms with Crippen LogP contribution in [-0.4, -0.2) is 178 Å². The smallest absolute Gasteiger partial charge is 0.404 e. The number of nitrogens with one attached hydrogen (secondary N) is 4. The van der Waals surface area contributed by atoms with E-state index in [0.29, 0.717) is 50.0 Å². The molecular formula is C64H60Cl4F4N8O36P4. The molecule has 8 aliphatic rings. The van der Waals surface area contributed by atoms with Crippen molar-refractivity contribution in [3.05, 3.63) is 248 Å². The summed E-state index contributed by atoms with van der Waals surface area (Å²) >= 11 is 22.5. The average Bonchev–Trinajstić information content (AvgIpc) is 1.57. The molecule has 0 spiro atoms. The molecule has 648 valence electrons. The largest absolute Gasteiger partial charge is 0.530 e. The third-order valence-electron chi connectivity index (χ3n) is 17.5. The zero-order chi connectivity index (χ0) is 92.2. The lowest BCUT2D eigenvalue weighted by atomic mass is 10.1. The van der Waals surface area contributed by atoms with Gasteiger partial charge in [-0.2, -0.15) is 0 Å². The standard InChI is InChI=1S/4C16H15ClFN2O9P/c4*17-9-5-20(15(24)19-13(9)23)14-11(21)12(22)16(18,28-14)7-27-30(25)26-6-8-3-1-2-4-10(8)29-30/h4*1-5,11-12,14,21-22H,6-7H2,(H,19,23,24)/t4*11-,12+,14-,16-,30?/m1111/s1/i7D2,14D;14D;7D2;. The summed E-state index contributed by atoms with van der Waals surface area (Å²) in [5.74, 6) is -13.9. The minimum atomic E-state index is -4.83. The van der Waals surface area contributed by atoms with Crippen molar-refractivity contribution < 1.29 is 158 Å². The number of halogens is 8. The molecule has 0 saturated carbocycles. The first kappa shape index (κ1) is 81.5. The van der Waals surface area contributed by atoms with Crippen molar-refractivity contribution in [2.24, 2.45) is 0 Å². The number of ether oxygens (including phenoxy) is 4. The fraction of sp³-hybridized carbons (Fsp3) is 0.375. The van der Waals surface area contributed by atoms with Crippen LogP contribution in [0.15, 0.2) is 160 Å². The second-order valence-corrected chi connectivity index (χ2v) is 33.4. The Morgan fingerprint density at radius 1 is 0.383 bits per heavy atom. The van der Waals surface area contributed by atoms with E-state index in [9.17, 15) is 97.5 Å². The van der Waals surface area contributed by atoms with Crippen LogP contribution in [0, 0.1) is 0 Å². The van der Waals surface area contributed by atoms with Gasteiger partial charge in [0.25, 0.3) is 45.7 Å². The molecule has 4 saturated heterocycles. The number of aliphatic hydroxyl groups excluding tert-OH is 8. The summed E-state index contributed by atoms with van der Waals surface area (Å²) in [5.41, 5.74) is -6.74. The van der Waals surface area contributed by atoms with Gasteiger partial charge in [-0.3, -0.25) is 93.6 Å². The van der Waals surface area contributed by atoms with Gasteiger partial charge in [0.1, 0.15) is 118 Å². The quantitative estimate of drug-likeness (QED) is 0.0487. The van der Waals surface area contributed by atoms with E-state index in [1.54, 1.807) is 75.6 Å². The Kier molecular flexibility index (Phi) is 23.7. The molecule has 4 unspecified atom stereocenters. The highest BCUT2D eigenvalue weighted by Crippen LogP contribution is 2.60. The average molecular weight is 1860 g/mol. The van der Waals surface area contributed by atoms with Crippen molar-refractivity contribution in [3.63, 3.8) is 0 Å². The first-order chi connectivity index (χ1) is 58.7. The molecule has 4 fully saturated rings. The minimum absolute atomic E-state index is 0.00740. The highest BCUT2D eigenvalue weighted by Gasteiger charge is 2.62. The molecule has 0 amide bonds. The van der Waals surface area contributed by atoms with Gasteiger partial charge in [-0.25, -0.2) is 55.0 Å². The van der Waals surface area contributed by atoms with Crippen molar-refractivity contribution >= 4 is 77.7 Å². The van der Waals surface area contributed by atoms with E-state index in [-0.39, 0.29) is 58.6 Å². The van der Waals surface area contributed by atoms with Crippen LogP contribution in [0.3, 0.4) is 0 Å². The van der Waals surface area contributed by atoms with Crippen LogP contribution in [0.25, 0.3) is 0 Å². The van der Waals surface area contributed by atoms with Crippen LogP contribution in [0.2, 0.25) is 20.1 Å². The van der Waals surface area contributed by atoms with Crippen LogP contribution in [0.5, 0.6) is 23.0 Å². The van der Waals surface area contributed by atoms with Gasteiger partial charge in [0.2, 0.25) is 0 Å². The number of para-hydroxylation sites is 4. The van der Waals surface area contributed by atoms with Crippen molar-refractivity contribution in [1.29, 1.82) is 0 Å². The molecular weight excluding hydrogens is 1800 g/mol. The third-order valence-corrected chi connectivity index (χ3v) is 23.5. The Labute approximate surface area is 691 Å². The van der Waals surface area contributed by atoms with E-state index in [0.717, 1.165) is 6.20 Å². The van der Waals surface area contributed by atoms with E-state index in [2.05, 4.69) is 9.05 Å². The molecule has 16 rings (SSSR count). The van der Waals surface area contributed by atoms with E-state index in [1.165, 1.54) is 36.4 Å². The van der Waals surface area contributed by atoms with Crippen molar-refractivity contribution in [3.8, 4) is 23.0 Å². The van der Waals surface area contributed by atoms with Crippen LogP contribution in [0.4, 0.5) is 17.6 Å². The topological polar surface area (TPSA) is 597 Å². The Morgan fingerprint density at radius 2 is 0.625 bits per heavy atom. The highest BCUT2D eigenvalue weighted by molar-refractivity contribution is 7.49. The maximum atomic E-state index is 15.7. The van der Waals surface area contributed by atoms with Gasteiger partial charge < -0.3 is 77.9 Å². The van der Waals surface area contributed by atoms with Gasteiger partial charge in [-0.15, -0.1) is 0 Å². The lowest BCUT2D eigenvalue weighted by Gasteiger charge is -2.28. The van der Waals surface area contributed by atoms with Crippen LogP contribution in [-0.2, 0) is 99.8 Å². The summed E-state index contributed by atoms with van der Waals surface area (Å²) in [6, 6.07) is 25.2. The predicted octanol–water partition coefficient (Wildman–Crippen LogP) is 3.36. The number of H-pyrrole nitrogens is 4. The van der Waals surface area contributed by atoms with Crippen molar-refractivity contribution in [2.45, 2.75) is 124 Å². The number of fused-ring (bicyclic) bond motifs is 4. The van der Waals surface area contributed by atoms with Gasteiger partial charge in [0, 0.05) is 47.0 Å². The zero-order valence-electron chi connectivity index (χ0n) is 65.2. The Hall–Kier alpha value is -8.20. The molecule has 20 atom stereocenters. The number of aromatic amines is 4. The summed E-state index contributed by atoms with van der Waals surface area (Å²) in [6.45, 7) is -11.0. The fourth-order valence-corrected chi connectivity index (χ4v) is 16.5. The molecule has 12 heterocycles. The van der Waals surface area contributed by atoms with Crippen molar-refractivity contribution in [1.82, 2.24) is 38.2 Å². The summed E-state index contributed by atoms with van der Waals surface area (Å²) in [4.78, 5) is 101. The summed E-state index contributed by atoms with van der Waals surface area (Å²) < 4.78 is 242. The summed E-state index contributed by atoms with van der Waals surface area (Å²) in [6.07, 6.45) is -26.5. The minimum Gasteiger partial charge on any atom is -0.404 e. The number of benzene rings is 4. The van der Waals surface area contributed by atoms with Crippen LogP contribution >= 0.6 is 77.7 Å². The van der Waals surface area contributed by atoms with Crippen LogP contribution < -0.4 is 63.1 Å². The van der Waals surface area contributed by atoms with Crippen LogP contribution in [0.1, 0.15) is 55.3 Å². The predicted molar refractivity (Wildman–Crippen MR) is 391 cm³/mol. The van der Waals surface area contributed by atoms with E-state index < -0.39 is 220 Å². The SMILES string of the molecule is O=c1[nH]c(=O)n([C@@H]2O[C@](F)(COP3(=O)OCc4ccccc4O3)[C@@H](O)[C@H]2O)cc1Cl.[2H]C([2H])(OP1(=O)OCc2ccccc2O1)[C@@]1(F)O[C@@H](n2cc(Cl)c(=O)[nH]c2=O)[C@H](O)[C@@H]1O.[2H]C([2H])(OP1(=O)OCc2ccccc2O1)[C@@]1(F)O[C@@]([2H])(n2cc(Cl)c(=O)[nH]c2=O)[C@H](O)[C@@H]1O.[2H][C@@]1(n2cc(Cl)c(=O)[nH]c2=O)O[C@](F)(COP2(=O)OCc3ccccc3O2)[C@@H](O)[C@H]1O. The lowest BCUT2D eigenvalue weighted by molar-refractivity contribution is -0.205. The number of aliphatic hydroxyl groups is 8. The first-order valence-corrected chi connectivity index (χ1v) is 40.8. The van der Waals surface area contributed by atoms with Gasteiger partial charge in [0.05, 0.1) is 34.7 Å². The van der Waals surface area contributed by atoms with Gasteiger partial charge in [0.15, 0.2) is 24.9 Å². The molecule has 8 aliphatic heterocycles.